The van der Waals surface area contributed by atoms with Crippen molar-refractivity contribution in [3.63, 3.8) is 0 Å². The summed E-state index contributed by atoms with van der Waals surface area (Å²) in [7, 11) is 1.64. The van der Waals surface area contributed by atoms with Crippen LogP contribution in [0.15, 0.2) is 54.9 Å². The molecule has 1 atom stereocenters. The number of hydrogen-bond donors (Lipinski definition) is 1. The van der Waals surface area contributed by atoms with Gasteiger partial charge in [-0.3, -0.25) is 14.6 Å². The second-order valence-electron chi connectivity index (χ2n) is 6.96. The van der Waals surface area contributed by atoms with Gasteiger partial charge >= 0.3 is 0 Å². The van der Waals surface area contributed by atoms with Crippen LogP contribution in [0.25, 0.3) is 10.9 Å². The van der Waals surface area contributed by atoms with Crippen LogP contribution in [0.3, 0.4) is 0 Å². The lowest BCUT2D eigenvalue weighted by molar-refractivity contribution is -0.121. The third-order valence-electron chi connectivity index (χ3n) is 5.13. The van der Waals surface area contributed by atoms with E-state index in [0.29, 0.717) is 25.1 Å². The summed E-state index contributed by atoms with van der Waals surface area (Å²) < 4.78 is 2.14. The van der Waals surface area contributed by atoms with E-state index in [1.54, 1.807) is 19.3 Å². The number of hydrogen-bond acceptors (Lipinski definition) is 3. The van der Waals surface area contributed by atoms with Crippen molar-refractivity contribution in [3.05, 3.63) is 66.1 Å². The number of carbonyl (C=O) groups is 2. The molecular weight excluding hydrogens is 340 g/mol. The lowest BCUT2D eigenvalue weighted by atomic mass is 10.0. The molecule has 0 radical (unpaired) electrons. The topological polar surface area (TPSA) is 67.2 Å². The third kappa shape index (κ3) is 3.43. The van der Waals surface area contributed by atoms with Crippen molar-refractivity contribution in [2.24, 2.45) is 5.92 Å². The average Bonchev–Trinajstić information content (AvgIpc) is 3.05. The Kier molecular flexibility index (Phi) is 4.62. The van der Waals surface area contributed by atoms with Crippen LogP contribution in [0, 0.1) is 5.92 Å². The van der Waals surface area contributed by atoms with E-state index in [4.69, 9.17) is 0 Å². The first-order valence-electron chi connectivity index (χ1n) is 9.13. The summed E-state index contributed by atoms with van der Waals surface area (Å²) in [5, 5.41) is 3.54. The number of para-hydroxylation sites is 1. The summed E-state index contributed by atoms with van der Waals surface area (Å²) in [6.07, 6.45) is 4.09. The summed E-state index contributed by atoms with van der Waals surface area (Å²) in [6, 6.07) is 13.5. The van der Waals surface area contributed by atoms with Crippen molar-refractivity contribution in [1.29, 1.82) is 0 Å². The highest BCUT2D eigenvalue weighted by molar-refractivity contribution is 6.05. The second kappa shape index (κ2) is 7.23. The summed E-state index contributed by atoms with van der Waals surface area (Å²) in [5.74, 6) is 0.0400. The largest absolute Gasteiger partial charge is 0.359 e. The van der Waals surface area contributed by atoms with Gasteiger partial charge in [0.2, 0.25) is 5.91 Å². The highest BCUT2D eigenvalue weighted by Gasteiger charge is 2.27. The quantitative estimate of drug-likeness (QED) is 0.778. The molecule has 1 aliphatic rings. The van der Waals surface area contributed by atoms with Crippen LogP contribution in [0.2, 0.25) is 0 Å². The van der Waals surface area contributed by atoms with Gasteiger partial charge in [-0.05, 0) is 24.3 Å². The van der Waals surface area contributed by atoms with Gasteiger partial charge in [0.25, 0.3) is 5.91 Å². The number of aromatic nitrogens is 2. The van der Waals surface area contributed by atoms with Gasteiger partial charge < -0.3 is 14.8 Å². The Balaban J connectivity index is 1.68. The fourth-order valence-corrected chi connectivity index (χ4v) is 3.78. The second-order valence-corrected chi connectivity index (χ2v) is 6.96. The number of pyridine rings is 1. The lowest BCUT2D eigenvalue weighted by Crippen LogP contribution is -2.35. The molecule has 2 amide bonds. The molecule has 0 aliphatic carbocycles. The predicted octanol–water partition coefficient (Wildman–Crippen LogP) is 2.44. The first-order valence-corrected chi connectivity index (χ1v) is 9.13. The van der Waals surface area contributed by atoms with E-state index in [9.17, 15) is 9.59 Å². The molecule has 0 bridgehead atoms. The summed E-state index contributed by atoms with van der Waals surface area (Å²) >= 11 is 0. The first kappa shape index (κ1) is 17.3. The average molecular weight is 362 g/mol. The number of carbonyl (C=O) groups excluding carboxylic acids is 2. The van der Waals surface area contributed by atoms with Crippen LogP contribution in [0.1, 0.15) is 22.5 Å². The van der Waals surface area contributed by atoms with Crippen LogP contribution in [-0.4, -0.2) is 39.9 Å². The summed E-state index contributed by atoms with van der Waals surface area (Å²) in [6.45, 7) is 1.81. The van der Waals surface area contributed by atoms with E-state index in [1.807, 2.05) is 47.5 Å². The van der Waals surface area contributed by atoms with Crippen molar-refractivity contribution in [2.45, 2.75) is 19.5 Å². The Bertz CT molecular complexity index is 989. The molecule has 0 saturated carbocycles. The minimum atomic E-state index is -0.0230. The highest BCUT2D eigenvalue weighted by Crippen LogP contribution is 2.24. The number of rotatable bonds is 3. The maximum Gasteiger partial charge on any atom is 0.254 e. The highest BCUT2D eigenvalue weighted by atomic mass is 16.2. The molecule has 3 aromatic rings. The van der Waals surface area contributed by atoms with Gasteiger partial charge in [0, 0.05) is 55.9 Å². The maximum atomic E-state index is 13.4. The van der Waals surface area contributed by atoms with Crippen molar-refractivity contribution in [3.8, 4) is 0 Å². The van der Waals surface area contributed by atoms with Gasteiger partial charge in [-0.1, -0.05) is 18.2 Å². The molecule has 0 spiro atoms. The van der Waals surface area contributed by atoms with Crippen molar-refractivity contribution in [2.75, 3.05) is 13.6 Å². The zero-order valence-corrected chi connectivity index (χ0v) is 15.3. The Morgan fingerprint density at radius 3 is 2.85 bits per heavy atom. The molecule has 27 heavy (non-hydrogen) atoms. The molecule has 6 heteroatoms. The SMILES string of the molecule is CNC(=O)C[C@@H]1CN(C(=O)c2ccnc3ccccc23)Cc2cccn2C1. The van der Waals surface area contributed by atoms with Crippen LogP contribution in [-0.2, 0) is 17.9 Å². The van der Waals surface area contributed by atoms with Gasteiger partial charge in [-0.15, -0.1) is 0 Å². The van der Waals surface area contributed by atoms with Crippen LogP contribution >= 0.6 is 0 Å². The number of nitrogens with one attached hydrogen (secondary N) is 1. The Morgan fingerprint density at radius 1 is 1.15 bits per heavy atom. The zero-order valence-electron chi connectivity index (χ0n) is 15.3. The molecule has 1 aromatic carbocycles. The van der Waals surface area contributed by atoms with Crippen molar-refractivity contribution in [1.82, 2.24) is 19.8 Å². The van der Waals surface area contributed by atoms with Gasteiger partial charge in [0.05, 0.1) is 17.6 Å². The molecule has 3 heterocycles. The van der Waals surface area contributed by atoms with Gasteiger partial charge in [0.1, 0.15) is 0 Å². The van der Waals surface area contributed by atoms with E-state index in [1.165, 1.54) is 0 Å². The minimum absolute atomic E-state index is 0.00244. The first-order chi connectivity index (χ1) is 13.2. The molecule has 0 unspecified atom stereocenters. The van der Waals surface area contributed by atoms with Crippen LogP contribution in [0.5, 0.6) is 0 Å². The van der Waals surface area contributed by atoms with E-state index in [0.717, 1.165) is 23.1 Å². The smallest absolute Gasteiger partial charge is 0.254 e. The van der Waals surface area contributed by atoms with Crippen molar-refractivity contribution >= 4 is 22.7 Å². The third-order valence-corrected chi connectivity index (χ3v) is 5.13. The molecule has 0 fully saturated rings. The van der Waals surface area contributed by atoms with E-state index in [-0.39, 0.29) is 17.7 Å². The predicted molar refractivity (Wildman–Crippen MR) is 103 cm³/mol. The van der Waals surface area contributed by atoms with E-state index < -0.39 is 0 Å². The lowest BCUT2D eigenvalue weighted by Gasteiger charge is -2.24. The Morgan fingerprint density at radius 2 is 2.00 bits per heavy atom. The fourth-order valence-electron chi connectivity index (χ4n) is 3.78. The minimum Gasteiger partial charge on any atom is -0.359 e. The number of nitrogens with zero attached hydrogens (tertiary/aromatic N) is 3. The zero-order chi connectivity index (χ0) is 18.8. The summed E-state index contributed by atoms with van der Waals surface area (Å²) in [5.41, 5.74) is 2.55. The monoisotopic (exact) mass is 362 g/mol. The van der Waals surface area contributed by atoms with Crippen molar-refractivity contribution < 1.29 is 9.59 Å². The molecule has 1 N–H and O–H groups in total. The van der Waals surface area contributed by atoms with Gasteiger partial charge in [-0.25, -0.2) is 0 Å². The van der Waals surface area contributed by atoms with E-state index in [2.05, 4.69) is 14.9 Å². The molecule has 2 aromatic heterocycles. The molecule has 0 saturated heterocycles. The Hall–Kier alpha value is -3.15. The molecule has 1 aliphatic heterocycles. The standard InChI is InChI=1S/C21H22N4O2/c1-22-20(26)11-15-12-24-10-4-5-16(24)14-25(13-15)21(27)18-8-9-23-19-7-3-2-6-17(18)19/h2-10,15H,11-14H2,1H3,(H,22,26)/t15-/m0/s1. The van der Waals surface area contributed by atoms with Gasteiger partial charge in [-0.2, -0.15) is 0 Å². The normalized spacial score (nSPS) is 16.6. The Labute approximate surface area is 157 Å². The number of benzene rings is 1. The summed E-state index contributed by atoms with van der Waals surface area (Å²) in [4.78, 5) is 31.5. The van der Waals surface area contributed by atoms with Crippen LogP contribution < -0.4 is 5.32 Å². The molecule has 138 valence electrons. The molecule has 6 nitrogen and oxygen atoms in total. The van der Waals surface area contributed by atoms with Crippen LogP contribution in [0.4, 0.5) is 0 Å². The molecular formula is C21H22N4O2. The van der Waals surface area contributed by atoms with E-state index >= 15 is 0 Å². The fraction of sp³-hybridized carbons (Fsp3) is 0.286. The van der Waals surface area contributed by atoms with Gasteiger partial charge in [0.15, 0.2) is 0 Å². The maximum absolute atomic E-state index is 13.4. The number of amides is 2. The number of fused-ring (bicyclic) bond motifs is 2. The molecule has 4 rings (SSSR count).